The number of allylic oxidation sites excluding steroid dienone is 2. The average molecular weight is 372 g/mol. The minimum atomic E-state index is -0.542. The van der Waals surface area contributed by atoms with Gasteiger partial charge in [-0.3, -0.25) is 15.0 Å². The van der Waals surface area contributed by atoms with Crippen LogP contribution in [0.1, 0.15) is 16.1 Å². The lowest BCUT2D eigenvalue weighted by molar-refractivity contribution is -0.123. The number of phenols is 1. The maximum Gasteiger partial charge on any atom is 0.285 e. The molecule has 8 heteroatoms. The van der Waals surface area contributed by atoms with E-state index in [1.54, 1.807) is 36.6 Å². The third kappa shape index (κ3) is 3.98. The summed E-state index contributed by atoms with van der Waals surface area (Å²) < 4.78 is 5.38. The quantitative estimate of drug-likeness (QED) is 0.634. The van der Waals surface area contributed by atoms with Gasteiger partial charge in [0.05, 0.1) is 11.2 Å². The minimum Gasteiger partial charge on any atom is -0.508 e. The molecule has 6 nitrogen and oxygen atoms in total. The normalized spacial score (nSPS) is 16.2. The molecule has 1 aromatic heterocycles. The van der Waals surface area contributed by atoms with Crippen LogP contribution in [0.15, 0.2) is 64.1 Å². The number of nitrogens with zero attached hydrogens (tertiary/aromatic N) is 1. The Labute approximate surface area is 152 Å². The molecule has 1 aliphatic rings. The Morgan fingerprint density at radius 2 is 2.16 bits per heavy atom. The van der Waals surface area contributed by atoms with Crippen molar-refractivity contribution in [2.45, 2.75) is 0 Å². The first-order valence-electron chi connectivity index (χ1n) is 7.13. The van der Waals surface area contributed by atoms with E-state index in [0.717, 1.165) is 16.8 Å². The van der Waals surface area contributed by atoms with Crippen molar-refractivity contribution >= 4 is 46.2 Å². The molecule has 25 heavy (non-hydrogen) atoms. The van der Waals surface area contributed by atoms with Gasteiger partial charge < -0.3 is 9.52 Å². The molecule has 1 fully saturated rings. The Kier molecular flexibility index (Phi) is 5.01. The summed E-state index contributed by atoms with van der Waals surface area (Å²) in [5.41, 5.74) is 2.66. The van der Waals surface area contributed by atoms with E-state index >= 15 is 0 Å². The maximum absolute atomic E-state index is 12.4. The largest absolute Gasteiger partial charge is 0.508 e. The summed E-state index contributed by atoms with van der Waals surface area (Å²) in [5, 5.41) is 10.4. The molecule has 0 spiro atoms. The van der Waals surface area contributed by atoms with Crippen LogP contribution < -0.4 is 5.43 Å². The molecule has 1 saturated heterocycles. The van der Waals surface area contributed by atoms with Gasteiger partial charge in [-0.15, -0.1) is 0 Å². The van der Waals surface area contributed by atoms with Gasteiger partial charge >= 0.3 is 0 Å². The Morgan fingerprint density at radius 3 is 2.88 bits per heavy atom. The lowest BCUT2D eigenvalue weighted by atomic mass is 10.2. The summed E-state index contributed by atoms with van der Waals surface area (Å²) in [6, 6.07) is 9.35. The van der Waals surface area contributed by atoms with Gasteiger partial charge in [0.25, 0.3) is 11.8 Å². The third-order valence-corrected chi connectivity index (χ3v) is 4.49. The molecule has 0 radical (unpaired) electrons. The fourth-order valence-corrected chi connectivity index (χ4v) is 3.14. The third-order valence-electron chi connectivity index (χ3n) is 3.17. The van der Waals surface area contributed by atoms with Gasteiger partial charge in [-0.1, -0.05) is 23.9 Å². The van der Waals surface area contributed by atoms with Crippen molar-refractivity contribution in [3.8, 4) is 5.75 Å². The van der Waals surface area contributed by atoms with Crippen molar-refractivity contribution in [1.82, 2.24) is 10.4 Å². The van der Waals surface area contributed by atoms with Gasteiger partial charge in [-0.25, -0.2) is 0 Å². The molecule has 1 aliphatic heterocycles. The Bertz CT molecular complexity index is 888. The highest BCUT2D eigenvalue weighted by Crippen LogP contribution is 2.29. The number of furan rings is 1. The van der Waals surface area contributed by atoms with Crippen LogP contribution in [0.4, 0.5) is 0 Å². The predicted molar refractivity (Wildman–Crippen MR) is 98.4 cm³/mol. The number of hydrogen-bond acceptors (Lipinski definition) is 6. The van der Waals surface area contributed by atoms with E-state index in [-0.39, 0.29) is 15.6 Å². The second-order valence-electron chi connectivity index (χ2n) is 4.91. The van der Waals surface area contributed by atoms with Crippen LogP contribution in [0.2, 0.25) is 0 Å². The highest BCUT2D eigenvalue weighted by molar-refractivity contribution is 8.26. The second-order valence-corrected chi connectivity index (χ2v) is 6.58. The molecule has 2 N–H and O–H groups in total. The molecule has 0 bridgehead atoms. The highest BCUT2D eigenvalue weighted by atomic mass is 32.2. The topological polar surface area (TPSA) is 82.8 Å². The van der Waals surface area contributed by atoms with Crippen molar-refractivity contribution < 1.29 is 19.1 Å². The number of carbonyl (C=O) groups is 2. The Morgan fingerprint density at radius 1 is 1.32 bits per heavy atom. The van der Waals surface area contributed by atoms with Gasteiger partial charge in [-0.05, 0) is 54.7 Å². The fraction of sp³-hybridized carbons (Fsp3) is 0. The molecule has 0 unspecified atom stereocenters. The molecular formula is C17H12N2O4S2. The van der Waals surface area contributed by atoms with E-state index in [0.29, 0.717) is 10.7 Å². The molecule has 2 heterocycles. The highest BCUT2D eigenvalue weighted by Gasteiger charge is 2.33. The molecule has 0 atom stereocenters. The molecule has 2 amide bonds. The fourth-order valence-electron chi connectivity index (χ4n) is 2.01. The van der Waals surface area contributed by atoms with Gasteiger partial charge in [0.15, 0.2) is 4.32 Å². The number of amides is 2. The first kappa shape index (κ1) is 17.0. The van der Waals surface area contributed by atoms with Crippen molar-refractivity contribution in [1.29, 1.82) is 0 Å². The number of hydrogen-bond donors (Lipinski definition) is 2. The molecule has 126 valence electrons. The van der Waals surface area contributed by atoms with E-state index in [1.807, 2.05) is 0 Å². The Balaban J connectivity index is 1.70. The summed E-state index contributed by atoms with van der Waals surface area (Å²) in [6.07, 6.45) is 6.53. The van der Waals surface area contributed by atoms with Gasteiger partial charge in [0.1, 0.15) is 11.5 Å². The minimum absolute atomic E-state index is 0.0407. The zero-order chi connectivity index (χ0) is 17.8. The van der Waals surface area contributed by atoms with Crippen LogP contribution in [0.5, 0.6) is 5.75 Å². The monoisotopic (exact) mass is 372 g/mol. The van der Waals surface area contributed by atoms with Crippen LogP contribution in [-0.4, -0.2) is 26.3 Å². The summed E-state index contributed by atoms with van der Waals surface area (Å²) in [5.74, 6) is -0.350. The van der Waals surface area contributed by atoms with E-state index in [2.05, 4.69) is 5.43 Å². The number of thioether (sulfide) groups is 1. The molecule has 1 aromatic carbocycles. The van der Waals surface area contributed by atoms with Crippen molar-refractivity contribution in [3.63, 3.8) is 0 Å². The number of aromatic hydroxyl groups is 1. The molecule has 0 saturated carbocycles. The zero-order valence-electron chi connectivity index (χ0n) is 12.7. The van der Waals surface area contributed by atoms with Crippen molar-refractivity contribution in [3.05, 3.63) is 71.0 Å². The lowest BCUT2D eigenvalue weighted by Crippen LogP contribution is -2.44. The smallest absolute Gasteiger partial charge is 0.285 e. The van der Waals surface area contributed by atoms with Crippen LogP contribution in [0.25, 0.3) is 6.08 Å². The molecule has 0 aliphatic carbocycles. The molecule has 2 aromatic rings. The number of rotatable bonds is 4. The number of benzene rings is 1. The van der Waals surface area contributed by atoms with E-state index in [4.69, 9.17) is 16.6 Å². The van der Waals surface area contributed by atoms with Gasteiger partial charge in [0.2, 0.25) is 0 Å². The SMILES string of the molecule is O=C(NN1C(=O)C(=CC=Cc2ccco2)SC1=S)c1cccc(O)c1. The zero-order valence-corrected chi connectivity index (χ0v) is 14.3. The predicted octanol–water partition coefficient (Wildman–Crippen LogP) is 3.09. The molecule has 3 rings (SSSR count). The second kappa shape index (κ2) is 7.37. The van der Waals surface area contributed by atoms with Crippen LogP contribution in [0.3, 0.4) is 0 Å². The van der Waals surface area contributed by atoms with E-state index < -0.39 is 11.8 Å². The van der Waals surface area contributed by atoms with Crippen LogP contribution >= 0.6 is 24.0 Å². The van der Waals surface area contributed by atoms with E-state index in [1.165, 1.54) is 24.3 Å². The average Bonchev–Trinajstić information content (AvgIpc) is 3.19. The molecular weight excluding hydrogens is 360 g/mol. The number of hydrazine groups is 1. The van der Waals surface area contributed by atoms with Gasteiger partial charge in [-0.2, -0.15) is 5.01 Å². The van der Waals surface area contributed by atoms with Crippen molar-refractivity contribution in [2.75, 3.05) is 0 Å². The van der Waals surface area contributed by atoms with E-state index in [9.17, 15) is 14.7 Å². The summed E-state index contributed by atoms with van der Waals surface area (Å²) >= 11 is 6.22. The van der Waals surface area contributed by atoms with Crippen LogP contribution in [0, 0.1) is 0 Å². The summed E-state index contributed by atoms with van der Waals surface area (Å²) in [6.45, 7) is 0. The van der Waals surface area contributed by atoms with Crippen LogP contribution in [-0.2, 0) is 4.79 Å². The number of phenolic OH excluding ortho intramolecular Hbond substituents is 1. The Hall–Kier alpha value is -2.84. The lowest BCUT2D eigenvalue weighted by Gasteiger charge is -2.15. The number of thiocarbonyl (C=S) groups is 1. The summed E-state index contributed by atoms with van der Waals surface area (Å²) in [7, 11) is 0. The standard InChI is InChI=1S/C17H12N2O4S2/c20-12-5-1-4-11(10-12)15(21)18-19-16(22)14(25-17(19)24)8-2-6-13-7-3-9-23-13/h1-10,20H,(H,18,21). The first-order chi connectivity index (χ1) is 12.0. The number of carbonyl (C=O) groups excluding carboxylic acids is 2. The van der Waals surface area contributed by atoms with Crippen molar-refractivity contribution in [2.24, 2.45) is 0 Å². The number of nitrogens with one attached hydrogen (secondary N) is 1. The van der Waals surface area contributed by atoms with Gasteiger partial charge in [0, 0.05) is 5.56 Å². The summed E-state index contributed by atoms with van der Waals surface area (Å²) in [4.78, 5) is 24.9. The maximum atomic E-state index is 12.4. The first-order valence-corrected chi connectivity index (χ1v) is 8.35.